The fourth-order valence-electron chi connectivity index (χ4n) is 2.33. The van der Waals surface area contributed by atoms with E-state index in [2.05, 4.69) is 48.3 Å². The third-order valence-corrected chi connectivity index (χ3v) is 3.26. The lowest BCUT2D eigenvalue weighted by molar-refractivity contribution is 0.187. The number of ether oxygens (including phenoxy) is 1. The first kappa shape index (κ1) is 14.9. The van der Waals surface area contributed by atoms with Crippen molar-refractivity contribution in [3.05, 3.63) is 53.1 Å². The topological polar surface area (TPSA) is 50.4 Å². The molecule has 0 fully saturated rings. The Kier molecular flexibility index (Phi) is 4.48. The highest BCUT2D eigenvalue weighted by molar-refractivity contribution is 5.84. The van der Waals surface area contributed by atoms with Crippen LogP contribution in [0, 0.1) is 20.8 Å². The SMILES string of the molecule is COC(=O)Nc1ccc(Nc2c(C)cc(C)cc2C)cc1. The van der Waals surface area contributed by atoms with E-state index in [0.29, 0.717) is 5.69 Å². The van der Waals surface area contributed by atoms with E-state index < -0.39 is 6.09 Å². The van der Waals surface area contributed by atoms with Crippen molar-refractivity contribution in [3.8, 4) is 0 Å². The number of carbonyl (C=O) groups excluding carboxylic acids is 1. The summed E-state index contributed by atoms with van der Waals surface area (Å²) in [7, 11) is 1.34. The predicted octanol–water partition coefficient (Wildman–Crippen LogP) is 4.53. The molecule has 4 heteroatoms. The molecule has 0 aromatic heterocycles. The van der Waals surface area contributed by atoms with Crippen molar-refractivity contribution in [3.63, 3.8) is 0 Å². The van der Waals surface area contributed by atoms with E-state index in [1.165, 1.54) is 23.8 Å². The number of methoxy groups -OCH3 is 1. The van der Waals surface area contributed by atoms with Crippen LogP contribution in [-0.4, -0.2) is 13.2 Å². The van der Waals surface area contributed by atoms with Crippen molar-refractivity contribution in [2.75, 3.05) is 17.7 Å². The molecule has 0 saturated carbocycles. The van der Waals surface area contributed by atoms with E-state index in [4.69, 9.17) is 0 Å². The highest BCUT2D eigenvalue weighted by Crippen LogP contribution is 2.26. The van der Waals surface area contributed by atoms with Gasteiger partial charge in [-0.15, -0.1) is 0 Å². The van der Waals surface area contributed by atoms with E-state index in [-0.39, 0.29) is 0 Å². The molecule has 4 nitrogen and oxygen atoms in total. The molecule has 0 aliphatic rings. The van der Waals surface area contributed by atoms with Gasteiger partial charge < -0.3 is 10.1 Å². The van der Waals surface area contributed by atoms with Crippen molar-refractivity contribution < 1.29 is 9.53 Å². The third kappa shape index (κ3) is 3.75. The predicted molar refractivity (Wildman–Crippen MR) is 86.4 cm³/mol. The zero-order valence-corrected chi connectivity index (χ0v) is 12.8. The van der Waals surface area contributed by atoms with Crippen LogP contribution in [0.5, 0.6) is 0 Å². The molecule has 0 saturated heterocycles. The molecule has 0 aliphatic carbocycles. The summed E-state index contributed by atoms with van der Waals surface area (Å²) in [6.07, 6.45) is -0.471. The van der Waals surface area contributed by atoms with Gasteiger partial charge in [0.05, 0.1) is 7.11 Å². The zero-order chi connectivity index (χ0) is 15.4. The summed E-state index contributed by atoms with van der Waals surface area (Å²) in [6, 6.07) is 11.8. The standard InChI is InChI=1S/C17H20N2O2/c1-11-9-12(2)16(13(3)10-11)18-14-5-7-15(8-6-14)19-17(20)21-4/h5-10,18H,1-4H3,(H,19,20). The summed E-state index contributed by atoms with van der Waals surface area (Å²) in [4.78, 5) is 11.1. The number of amides is 1. The largest absolute Gasteiger partial charge is 0.453 e. The summed E-state index contributed by atoms with van der Waals surface area (Å²) in [5.41, 5.74) is 6.47. The first-order chi connectivity index (χ1) is 9.99. The highest BCUT2D eigenvalue weighted by Gasteiger charge is 2.05. The van der Waals surface area contributed by atoms with Crippen molar-refractivity contribution in [2.45, 2.75) is 20.8 Å². The van der Waals surface area contributed by atoms with E-state index in [0.717, 1.165) is 11.4 Å². The van der Waals surface area contributed by atoms with Crippen molar-refractivity contribution in [1.82, 2.24) is 0 Å². The lowest BCUT2D eigenvalue weighted by Crippen LogP contribution is -2.10. The molecule has 0 heterocycles. The lowest BCUT2D eigenvalue weighted by atomic mass is 10.0. The molecule has 2 aromatic rings. The van der Waals surface area contributed by atoms with Crippen LogP contribution in [0.3, 0.4) is 0 Å². The van der Waals surface area contributed by atoms with Gasteiger partial charge in [0.1, 0.15) is 0 Å². The first-order valence-electron chi connectivity index (χ1n) is 6.79. The van der Waals surface area contributed by atoms with Crippen LogP contribution in [0.15, 0.2) is 36.4 Å². The van der Waals surface area contributed by atoms with Crippen LogP contribution in [-0.2, 0) is 4.74 Å². The molecule has 0 unspecified atom stereocenters. The second-order valence-electron chi connectivity index (χ2n) is 5.09. The molecule has 1 amide bonds. The minimum absolute atomic E-state index is 0.471. The van der Waals surface area contributed by atoms with Gasteiger partial charge in [-0.05, 0) is 56.2 Å². The van der Waals surface area contributed by atoms with Gasteiger partial charge in [0, 0.05) is 17.1 Å². The van der Waals surface area contributed by atoms with E-state index in [1.807, 2.05) is 24.3 Å². The molecular formula is C17H20N2O2. The number of benzene rings is 2. The van der Waals surface area contributed by atoms with Gasteiger partial charge in [-0.2, -0.15) is 0 Å². The number of aryl methyl sites for hydroxylation is 3. The minimum atomic E-state index is -0.471. The Labute approximate surface area is 125 Å². The quantitative estimate of drug-likeness (QED) is 0.870. The maximum Gasteiger partial charge on any atom is 0.411 e. The van der Waals surface area contributed by atoms with Crippen LogP contribution in [0.25, 0.3) is 0 Å². The fourth-order valence-corrected chi connectivity index (χ4v) is 2.33. The number of nitrogens with one attached hydrogen (secondary N) is 2. The maximum atomic E-state index is 11.1. The Hall–Kier alpha value is -2.49. The molecule has 0 spiro atoms. The van der Waals surface area contributed by atoms with Gasteiger partial charge >= 0.3 is 6.09 Å². The van der Waals surface area contributed by atoms with Gasteiger partial charge in [-0.3, -0.25) is 5.32 Å². The molecule has 21 heavy (non-hydrogen) atoms. The van der Waals surface area contributed by atoms with E-state index in [1.54, 1.807) is 0 Å². The minimum Gasteiger partial charge on any atom is -0.453 e. The Morgan fingerprint density at radius 1 is 0.952 bits per heavy atom. The molecular weight excluding hydrogens is 264 g/mol. The Bertz CT molecular complexity index is 625. The second kappa shape index (κ2) is 6.31. The Morgan fingerprint density at radius 3 is 2.00 bits per heavy atom. The lowest BCUT2D eigenvalue weighted by Gasteiger charge is -2.14. The van der Waals surface area contributed by atoms with Crippen molar-refractivity contribution >= 4 is 23.2 Å². The molecule has 2 rings (SSSR count). The summed E-state index contributed by atoms with van der Waals surface area (Å²) in [5, 5.41) is 6.04. The number of anilines is 3. The number of carbonyl (C=O) groups is 1. The molecule has 0 atom stereocenters. The number of hydrogen-bond donors (Lipinski definition) is 2. The normalized spacial score (nSPS) is 10.1. The molecule has 2 N–H and O–H groups in total. The van der Waals surface area contributed by atoms with E-state index in [9.17, 15) is 4.79 Å². The van der Waals surface area contributed by atoms with Crippen LogP contribution >= 0.6 is 0 Å². The Morgan fingerprint density at radius 2 is 1.48 bits per heavy atom. The Balaban J connectivity index is 2.16. The van der Waals surface area contributed by atoms with Gasteiger partial charge in [0.25, 0.3) is 0 Å². The van der Waals surface area contributed by atoms with Crippen LogP contribution in [0.4, 0.5) is 21.9 Å². The molecule has 0 aliphatic heterocycles. The first-order valence-corrected chi connectivity index (χ1v) is 6.79. The molecule has 2 aromatic carbocycles. The maximum absolute atomic E-state index is 11.1. The van der Waals surface area contributed by atoms with Crippen molar-refractivity contribution in [1.29, 1.82) is 0 Å². The van der Waals surface area contributed by atoms with Crippen LogP contribution in [0.1, 0.15) is 16.7 Å². The molecule has 0 bridgehead atoms. The third-order valence-electron chi connectivity index (χ3n) is 3.26. The van der Waals surface area contributed by atoms with Gasteiger partial charge in [-0.25, -0.2) is 4.79 Å². The van der Waals surface area contributed by atoms with Gasteiger partial charge in [0.15, 0.2) is 0 Å². The number of hydrogen-bond acceptors (Lipinski definition) is 3. The summed E-state index contributed by atoms with van der Waals surface area (Å²) in [6.45, 7) is 6.28. The summed E-state index contributed by atoms with van der Waals surface area (Å²) < 4.78 is 4.56. The monoisotopic (exact) mass is 284 g/mol. The number of rotatable bonds is 3. The smallest absolute Gasteiger partial charge is 0.411 e. The average molecular weight is 284 g/mol. The van der Waals surface area contributed by atoms with Crippen LogP contribution < -0.4 is 10.6 Å². The molecule has 0 radical (unpaired) electrons. The summed E-state index contributed by atoms with van der Waals surface area (Å²) >= 11 is 0. The zero-order valence-electron chi connectivity index (χ0n) is 12.8. The van der Waals surface area contributed by atoms with Crippen LogP contribution in [0.2, 0.25) is 0 Å². The molecule has 110 valence electrons. The van der Waals surface area contributed by atoms with Gasteiger partial charge in [-0.1, -0.05) is 17.7 Å². The summed E-state index contributed by atoms with van der Waals surface area (Å²) in [5.74, 6) is 0. The average Bonchev–Trinajstić information content (AvgIpc) is 2.44. The second-order valence-corrected chi connectivity index (χ2v) is 5.09. The van der Waals surface area contributed by atoms with E-state index >= 15 is 0 Å². The fraction of sp³-hybridized carbons (Fsp3) is 0.235. The van der Waals surface area contributed by atoms with Crippen molar-refractivity contribution in [2.24, 2.45) is 0 Å². The highest BCUT2D eigenvalue weighted by atomic mass is 16.5. The van der Waals surface area contributed by atoms with Gasteiger partial charge in [0.2, 0.25) is 0 Å².